The summed E-state index contributed by atoms with van der Waals surface area (Å²) in [5.41, 5.74) is 6.10. The number of halogens is 1. The van der Waals surface area contributed by atoms with Gasteiger partial charge in [0.1, 0.15) is 12.4 Å². The van der Waals surface area contributed by atoms with Gasteiger partial charge in [-0.2, -0.15) is 0 Å². The zero-order chi connectivity index (χ0) is 34.3. The van der Waals surface area contributed by atoms with Gasteiger partial charge in [0.25, 0.3) is 0 Å². The van der Waals surface area contributed by atoms with Crippen molar-refractivity contribution >= 4 is 45.2 Å². The monoisotopic (exact) mass is 678 g/mol. The van der Waals surface area contributed by atoms with Gasteiger partial charge in [0.05, 0.1) is 17.1 Å². The summed E-state index contributed by atoms with van der Waals surface area (Å²) in [6.07, 6.45) is 14.5. The lowest BCUT2D eigenvalue weighted by Crippen LogP contribution is -2.26. The number of thioether (sulfide) groups is 1. The van der Waals surface area contributed by atoms with Crippen LogP contribution in [0, 0.1) is 23.2 Å². The number of ether oxygens (including phenoxy) is 1. The first-order valence-corrected chi connectivity index (χ1v) is 18.8. The molecule has 0 amide bonds. The zero-order valence-corrected chi connectivity index (χ0v) is 31.4. The van der Waals surface area contributed by atoms with E-state index in [1.165, 1.54) is 27.1 Å². The van der Waals surface area contributed by atoms with Crippen LogP contribution in [0.25, 0.3) is 21.8 Å². The lowest BCUT2D eigenvalue weighted by atomic mass is 9.72. The zero-order valence-electron chi connectivity index (χ0n) is 29.8. The molecule has 0 spiro atoms. The Morgan fingerprint density at radius 1 is 1.06 bits per heavy atom. The molecular weight excluding hydrogens is 628 g/mol. The van der Waals surface area contributed by atoms with E-state index in [0.717, 1.165) is 66.0 Å². The average Bonchev–Trinajstić information content (AvgIpc) is 3.35. The maximum atomic E-state index is 6.47. The van der Waals surface area contributed by atoms with Gasteiger partial charge >= 0.3 is 0 Å². The second-order valence-corrected chi connectivity index (χ2v) is 15.8. The van der Waals surface area contributed by atoms with Crippen molar-refractivity contribution in [2.24, 2.45) is 11.3 Å². The van der Waals surface area contributed by atoms with Gasteiger partial charge in [0.2, 0.25) is 0 Å². The molecule has 1 unspecified atom stereocenters. The van der Waals surface area contributed by atoms with Crippen LogP contribution < -0.4 is 4.74 Å². The number of para-hydroxylation sites is 1. The highest BCUT2D eigenvalue weighted by Crippen LogP contribution is 2.48. The Morgan fingerprint density at radius 3 is 2.60 bits per heavy atom. The van der Waals surface area contributed by atoms with E-state index < -0.39 is 0 Å². The van der Waals surface area contributed by atoms with Crippen LogP contribution in [-0.4, -0.2) is 14.3 Å². The van der Waals surface area contributed by atoms with Crippen molar-refractivity contribution in [1.29, 1.82) is 0 Å². The summed E-state index contributed by atoms with van der Waals surface area (Å²) in [5.74, 6) is 7.80. The van der Waals surface area contributed by atoms with Crippen LogP contribution in [0.15, 0.2) is 94.4 Å². The largest absolute Gasteiger partial charge is 0.487 e. The molecule has 48 heavy (non-hydrogen) atoms. The van der Waals surface area contributed by atoms with Crippen molar-refractivity contribution in [1.82, 2.24) is 9.55 Å². The van der Waals surface area contributed by atoms with Crippen LogP contribution in [-0.2, 0) is 19.6 Å². The van der Waals surface area contributed by atoms with Crippen molar-refractivity contribution in [3.05, 3.63) is 101 Å². The highest BCUT2D eigenvalue weighted by atomic mass is 35.5. The number of hydrogen-bond acceptors (Lipinski definition) is 3. The number of pyridine rings is 1. The molecule has 2 aromatic carbocycles. The molecule has 0 saturated carbocycles. The topological polar surface area (TPSA) is 27.1 Å². The Bertz CT molecular complexity index is 1900. The van der Waals surface area contributed by atoms with Crippen LogP contribution in [0.3, 0.4) is 0 Å². The molecule has 2 heterocycles. The van der Waals surface area contributed by atoms with Crippen LogP contribution in [0.1, 0.15) is 92.0 Å². The van der Waals surface area contributed by atoms with Crippen LogP contribution in [0.5, 0.6) is 5.75 Å². The van der Waals surface area contributed by atoms with Gasteiger partial charge in [0.15, 0.2) is 0 Å². The summed E-state index contributed by atoms with van der Waals surface area (Å²) in [6.45, 7) is 17.5. The minimum Gasteiger partial charge on any atom is -0.487 e. The Morgan fingerprint density at radius 2 is 1.85 bits per heavy atom. The molecule has 0 aliphatic heterocycles. The van der Waals surface area contributed by atoms with Gasteiger partial charge in [-0.15, -0.1) is 11.8 Å². The molecule has 4 aromatic rings. The summed E-state index contributed by atoms with van der Waals surface area (Å²) >= 11 is 8.47. The molecule has 5 heteroatoms. The minimum atomic E-state index is 0.0543. The predicted molar refractivity (Wildman–Crippen MR) is 208 cm³/mol. The maximum absolute atomic E-state index is 6.47. The fourth-order valence-corrected chi connectivity index (χ4v) is 8.06. The van der Waals surface area contributed by atoms with Gasteiger partial charge in [-0.25, -0.2) is 4.98 Å². The van der Waals surface area contributed by atoms with Crippen molar-refractivity contribution in [2.45, 2.75) is 110 Å². The molecule has 252 valence electrons. The maximum Gasteiger partial charge on any atom is 0.130 e. The van der Waals surface area contributed by atoms with E-state index in [1.807, 2.05) is 36.0 Å². The van der Waals surface area contributed by atoms with Crippen LogP contribution >= 0.6 is 23.4 Å². The molecule has 3 nitrogen and oxygen atoms in total. The second kappa shape index (κ2) is 15.9. The normalized spacial score (nSPS) is 17.4. The molecule has 1 aliphatic carbocycles. The summed E-state index contributed by atoms with van der Waals surface area (Å²) in [6, 6.07) is 19.0. The molecule has 1 aliphatic rings. The van der Waals surface area contributed by atoms with Gasteiger partial charge < -0.3 is 9.30 Å². The molecule has 0 radical (unpaired) electrons. The van der Waals surface area contributed by atoms with E-state index in [1.54, 1.807) is 0 Å². The summed E-state index contributed by atoms with van der Waals surface area (Å²) in [7, 11) is 0. The quantitative estimate of drug-likeness (QED) is 0.0754. The van der Waals surface area contributed by atoms with E-state index in [4.69, 9.17) is 21.3 Å². The second-order valence-electron chi connectivity index (χ2n) is 13.6. The Balaban J connectivity index is 1.65. The molecular formula is C43H51ClN2OS. The number of allylic oxidation sites excluding steroid dienone is 6. The lowest BCUT2D eigenvalue weighted by molar-refractivity contribution is 0.302. The third-order valence-electron chi connectivity index (χ3n) is 10.1. The first kappa shape index (κ1) is 35.9. The SMILES string of the molecule is CCC=C(C)C(CC)(CC)Cc1c(SC(C)(C)CC)c2cc(OCc3ccc4ccccc4n3)ccc2n1CC1C#CC/C=C(Cl)\C=C/1. The highest BCUT2D eigenvalue weighted by Gasteiger charge is 2.34. The highest BCUT2D eigenvalue weighted by molar-refractivity contribution is 8.00. The van der Waals surface area contributed by atoms with Gasteiger partial charge in [-0.05, 0) is 80.9 Å². The third-order valence-corrected chi connectivity index (χ3v) is 11.9. The number of fused-ring (bicyclic) bond motifs is 2. The average molecular weight is 679 g/mol. The first-order chi connectivity index (χ1) is 23.1. The molecule has 5 rings (SSSR count). The van der Waals surface area contributed by atoms with Crippen molar-refractivity contribution in [2.75, 3.05) is 0 Å². The number of aromatic nitrogens is 2. The Labute approximate surface area is 297 Å². The first-order valence-electron chi connectivity index (χ1n) is 17.6. The van der Waals surface area contributed by atoms with Crippen molar-refractivity contribution in [3.63, 3.8) is 0 Å². The molecule has 0 N–H and O–H groups in total. The smallest absolute Gasteiger partial charge is 0.130 e. The molecule has 2 aromatic heterocycles. The van der Waals surface area contributed by atoms with Crippen molar-refractivity contribution in [3.8, 4) is 17.6 Å². The summed E-state index contributed by atoms with van der Waals surface area (Å²) in [5, 5.41) is 3.14. The van der Waals surface area contributed by atoms with E-state index in [2.05, 4.69) is 119 Å². The lowest BCUT2D eigenvalue weighted by Gasteiger charge is -2.35. The van der Waals surface area contributed by atoms with Crippen LogP contribution in [0.4, 0.5) is 0 Å². The molecule has 0 fully saturated rings. The van der Waals surface area contributed by atoms with Gasteiger partial charge in [-0.1, -0.05) is 113 Å². The van der Waals surface area contributed by atoms with E-state index in [0.29, 0.717) is 13.0 Å². The third kappa shape index (κ3) is 8.24. The van der Waals surface area contributed by atoms with E-state index in [9.17, 15) is 0 Å². The molecule has 1 atom stereocenters. The number of nitrogens with zero attached hydrogens (tertiary/aromatic N) is 2. The molecule has 0 saturated heterocycles. The standard InChI is InChI=1S/C43H51ClN2OS/c1-8-16-31(5)43(10-3,11-4)28-40-41(48-42(6,7)9-2)37-27-36(47-30-35-24-22-33-18-13-15-20-38(33)45-35)25-26-39(37)46(40)29-32-17-12-14-19-34(44)23-21-32/h13,15-16,18-27,32H,8-11,14,28-30H2,1-7H3/b23-21-,31-16?,34-19+. The Kier molecular flexibility index (Phi) is 11.9. The number of rotatable bonds is 14. The van der Waals surface area contributed by atoms with Crippen molar-refractivity contribution < 1.29 is 4.74 Å². The van der Waals surface area contributed by atoms with E-state index >= 15 is 0 Å². The molecule has 0 bridgehead atoms. The predicted octanol–water partition coefficient (Wildman–Crippen LogP) is 12.5. The number of hydrogen-bond donors (Lipinski definition) is 0. The summed E-state index contributed by atoms with van der Waals surface area (Å²) in [4.78, 5) is 6.22. The summed E-state index contributed by atoms with van der Waals surface area (Å²) < 4.78 is 9.10. The fraction of sp³-hybridized carbons (Fsp3) is 0.419. The minimum absolute atomic E-state index is 0.0543. The van der Waals surface area contributed by atoms with E-state index in [-0.39, 0.29) is 16.1 Å². The fourth-order valence-electron chi connectivity index (χ4n) is 6.64. The van der Waals surface area contributed by atoms with Crippen LogP contribution in [0.2, 0.25) is 0 Å². The number of benzene rings is 2. The van der Waals surface area contributed by atoms with Gasteiger partial charge in [0, 0.05) is 49.6 Å². The Hall–Kier alpha value is -3.39. The van der Waals surface area contributed by atoms with Gasteiger partial charge in [-0.3, -0.25) is 0 Å².